The Labute approximate surface area is 114 Å². The molecule has 1 atom stereocenters. The Balaban J connectivity index is 1.65. The van der Waals surface area contributed by atoms with Gasteiger partial charge >= 0.3 is 0 Å². The monoisotopic (exact) mass is 259 g/mol. The summed E-state index contributed by atoms with van der Waals surface area (Å²) < 4.78 is 5.51. The van der Waals surface area contributed by atoms with E-state index in [9.17, 15) is 4.79 Å². The van der Waals surface area contributed by atoms with Gasteiger partial charge in [0, 0.05) is 25.4 Å². The van der Waals surface area contributed by atoms with E-state index in [0.29, 0.717) is 5.91 Å². The van der Waals surface area contributed by atoms with Gasteiger partial charge in [-0.05, 0) is 36.5 Å². The van der Waals surface area contributed by atoms with Crippen LogP contribution in [0.25, 0.3) is 0 Å². The smallest absolute Gasteiger partial charge is 0.225 e. The molecule has 2 heterocycles. The average molecular weight is 259 g/mol. The van der Waals surface area contributed by atoms with E-state index in [1.807, 2.05) is 17.9 Å². The number of nitrogens with zero attached hydrogens (tertiary/aromatic N) is 1. The van der Waals surface area contributed by atoms with Crippen LogP contribution in [0, 0.1) is 5.92 Å². The molecule has 0 bridgehead atoms. The Bertz CT molecular complexity index is 478. The lowest BCUT2D eigenvalue weighted by atomic mass is 9.98. The summed E-state index contributed by atoms with van der Waals surface area (Å²) in [5.41, 5.74) is 2.54. The zero-order chi connectivity index (χ0) is 13.2. The summed E-state index contributed by atoms with van der Waals surface area (Å²) in [5, 5.41) is 0. The van der Waals surface area contributed by atoms with E-state index in [1.54, 1.807) is 0 Å². The molecule has 1 aromatic carbocycles. The Hall–Kier alpha value is -1.51. The zero-order valence-electron chi connectivity index (χ0n) is 11.5. The maximum absolute atomic E-state index is 12.3. The van der Waals surface area contributed by atoms with Gasteiger partial charge in [0.05, 0.1) is 6.61 Å². The predicted octanol–water partition coefficient (Wildman–Crippen LogP) is 2.42. The van der Waals surface area contributed by atoms with Crippen molar-refractivity contribution in [3.8, 4) is 5.75 Å². The first-order chi connectivity index (χ1) is 9.24. The highest BCUT2D eigenvalue weighted by atomic mass is 16.5. The Morgan fingerprint density at radius 2 is 2.16 bits per heavy atom. The van der Waals surface area contributed by atoms with Crippen molar-refractivity contribution in [2.24, 2.45) is 5.92 Å². The molecule has 1 saturated heterocycles. The van der Waals surface area contributed by atoms with E-state index < -0.39 is 0 Å². The van der Waals surface area contributed by atoms with Crippen LogP contribution in [-0.2, 0) is 17.6 Å². The van der Waals surface area contributed by atoms with E-state index in [1.165, 1.54) is 11.1 Å². The van der Waals surface area contributed by atoms with E-state index in [2.05, 4.69) is 12.1 Å². The largest absolute Gasteiger partial charge is 0.493 e. The molecule has 2 aliphatic heterocycles. The Morgan fingerprint density at radius 1 is 1.37 bits per heavy atom. The quantitative estimate of drug-likeness (QED) is 0.834. The van der Waals surface area contributed by atoms with Crippen molar-refractivity contribution in [2.45, 2.75) is 32.6 Å². The molecular formula is C16H21NO2. The molecular weight excluding hydrogens is 238 g/mol. The number of amides is 1. The minimum Gasteiger partial charge on any atom is -0.493 e. The van der Waals surface area contributed by atoms with E-state index >= 15 is 0 Å². The van der Waals surface area contributed by atoms with Crippen LogP contribution in [0.4, 0.5) is 0 Å². The molecule has 102 valence electrons. The van der Waals surface area contributed by atoms with Crippen molar-refractivity contribution in [3.05, 3.63) is 29.3 Å². The van der Waals surface area contributed by atoms with Crippen LogP contribution < -0.4 is 4.74 Å². The van der Waals surface area contributed by atoms with Gasteiger partial charge in [-0.1, -0.05) is 19.1 Å². The van der Waals surface area contributed by atoms with Crippen molar-refractivity contribution < 1.29 is 9.53 Å². The van der Waals surface area contributed by atoms with Crippen LogP contribution in [0.3, 0.4) is 0 Å². The first-order valence-electron chi connectivity index (χ1n) is 7.27. The van der Waals surface area contributed by atoms with Gasteiger partial charge in [-0.15, -0.1) is 0 Å². The normalized spacial score (nSPS) is 19.1. The second-order valence-corrected chi connectivity index (χ2v) is 5.68. The first kappa shape index (κ1) is 12.5. The van der Waals surface area contributed by atoms with Crippen molar-refractivity contribution >= 4 is 5.91 Å². The lowest BCUT2D eigenvalue weighted by Crippen LogP contribution is -2.33. The lowest BCUT2D eigenvalue weighted by molar-refractivity contribution is -0.133. The fraction of sp³-hybridized carbons (Fsp3) is 0.562. The molecule has 3 rings (SSSR count). The number of carbonyl (C=O) groups excluding carboxylic acids is 1. The third kappa shape index (κ3) is 2.60. The van der Waals surface area contributed by atoms with E-state index in [0.717, 1.165) is 51.1 Å². The predicted molar refractivity (Wildman–Crippen MR) is 74.3 cm³/mol. The zero-order valence-corrected chi connectivity index (χ0v) is 11.5. The van der Waals surface area contributed by atoms with E-state index in [4.69, 9.17) is 4.74 Å². The molecule has 0 saturated carbocycles. The van der Waals surface area contributed by atoms with Crippen molar-refractivity contribution in [1.82, 2.24) is 4.90 Å². The molecule has 2 aliphatic rings. The molecule has 0 radical (unpaired) electrons. The Kier molecular flexibility index (Phi) is 3.45. The van der Waals surface area contributed by atoms with Gasteiger partial charge in [-0.25, -0.2) is 0 Å². The summed E-state index contributed by atoms with van der Waals surface area (Å²) in [6, 6.07) is 6.35. The number of hydrogen-bond donors (Lipinski definition) is 0. The van der Waals surface area contributed by atoms with Crippen LogP contribution in [0.1, 0.15) is 30.9 Å². The first-order valence-corrected chi connectivity index (χ1v) is 7.27. The maximum atomic E-state index is 12.3. The maximum Gasteiger partial charge on any atom is 0.225 e. The molecule has 19 heavy (non-hydrogen) atoms. The van der Waals surface area contributed by atoms with E-state index in [-0.39, 0.29) is 5.92 Å². The van der Waals surface area contributed by atoms with Crippen molar-refractivity contribution in [2.75, 3.05) is 19.7 Å². The summed E-state index contributed by atoms with van der Waals surface area (Å²) in [5.74, 6) is 1.41. The second-order valence-electron chi connectivity index (χ2n) is 5.68. The summed E-state index contributed by atoms with van der Waals surface area (Å²) >= 11 is 0. The number of rotatable bonds is 3. The van der Waals surface area contributed by atoms with Crippen molar-refractivity contribution in [1.29, 1.82) is 0 Å². The molecule has 0 spiro atoms. The molecule has 3 nitrogen and oxygen atoms in total. The van der Waals surface area contributed by atoms with Gasteiger partial charge in [-0.2, -0.15) is 0 Å². The molecule has 0 aliphatic carbocycles. The van der Waals surface area contributed by atoms with Gasteiger partial charge in [0.2, 0.25) is 5.91 Å². The molecule has 1 aromatic rings. The highest BCUT2D eigenvalue weighted by Gasteiger charge is 2.23. The standard InChI is InChI=1S/C16H21NO2/c1-12(16(18)17-7-2-3-8-17)10-13-4-5-15-14(11-13)6-9-19-15/h4-5,11-12H,2-3,6-10H2,1H3. The molecule has 1 amide bonds. The van der Waals surface area contributed by atoms with Crippen LogP contribution in [0.15, 0.2) is 18.2 Å². The summed E-state index contributed by atoms with van der Waals surface area (Å²) in [6.45, 7) is 4.73. The molecule has 0 aromatic heterocycles. The van der Waals surface area contributed by atoms with Crippen LogP contribution in [0.5, 0.6) is 5.75 Å². The van der Waals surface area contributed by atoms with Gasteiger partial charge < -0.3 is 9.64 Å². The minimum absolute atomic E-state index is 0.0819. The number of ether oxygens (including phenoxy) is 1. The van der Waals surface area contributed by atoms with Gasteiger partial charge in [0.25, 0.3) is 0 Å². The molecule has 1 unspecified atom stereocenters. The number of likely N-dealkylation sites (tertiary alicyclic amines) is 1. The van der Waals surface area contributed by atoms with Crippen LogP contribution >= 0.6 is 0 Å². The van der Waals surface area contributed by atoms with Crippen LogP contribution in [-0.4, -0.2) is 30.5 Å². The van der Waals surface area contributed by atoms with Gasteiger partial charge in [-0.3, -0.25) is 4.79 Å². The fourth-order valence-corrected chi connectivity index (χ4v) is 3.06. The average Bonchev–Trinajstić information content (AvgIpc) is 3.08. The third-order valence-corrected chi connectivity index (χ3v) is 4.14. The second kappa shape index (κ2) is 5.24. The van der Waals surface area contributed by atoms with Gasteiger partial charge in [0.15, 0.2) is 0 Å². The van der Waals surface area contributed by atoms with Crippen LogP contribution in [0.2, 0.25) is 0 Å². The number of carbonyl (C=O) groups is 1. The molecule has 1 fully saturated rings. The van der Waals surface area contributed by atoms with Crippen molar-refractivity contribution in [3.63, 3.8) is 0 Å². The molecule has 0 N–H and O–H groups in total. The number of fused-ring (bicyclic) bond motifs is 1. The van der Waals surface area contributed by atoms with Gasteiger partial charge in [0.1, 0.15) is 5.75 Å². The lowest BCUT2D eigenvalue weighted by Gasteiger charge is -2.20. The highest BCUT2D eigenvalue weighted by molar-refractivity contribution is 5.79. The minimum atomic E-state index is 0.0819. The Morgan fingerprint density at radius 3 is 2.95 bits per heavy atom. The fourth-order valence-electron chi connectivity index (χ4n) is 3.06. The SMILES string of the molecule is CC(Cc1ccc2c(c1)CCO2)C(=O)N1CCCC1. The highest BCUT2D eigenvalue weighted by Crippen LogP contribution is 2.27. The number of benzene rings is 1. The topological polar surface area (TPSA) is 29.5 Å². The third-order valence-electron chi connectivity index (χ3n) is 4.14. The molecule has 3 heteroatoms. The summed E-state index contributed by atoms with van der Waals surface area (Å²) in [6.07, 6.45) is 4.16. The summed E-state index contributed by atoms with van der Waals surface area (Å²) in [7, 11) is 0. The summed E-state index contributed by atoms with van der Waals surface area (Å²) in [4.78, 5) is 14.3. The number of hydrogen-bond acceptors (Lipinski definition) is 2.